The van der Waals surface area contributed by atoms with Crippen molar-refractivity contribution in [2.45, 2.75) is 17.2 Å². The number of hydrogen-bond donors (Lipinski definition) is 2. The quantitative estimate of drug-likeness (QED) is 0.771. The summed E-state index contributed by atoms with van der Waals surface area (Å²) in [4.78, 5) is 15.3. The van der Waals surface area contributed by atoms with Crippen LogP contribution in [0.25, 0.3) is 0 Å². The van der Waals surface area contributed by atoms with Gasteiger partial charge in [-0.15, -0.1) is 0 Å². The molecule has 0 bridgehead atoms. The summed E-state index contributed by atoms with van der Waals surface area (Å²) in [5.74, 6) is 0. The zero-order chi connectivity index (χ0) is 14.0. The Bertz CT molecular complexity index is 592. The first kappa shape index (κ1) is 14.7. The van der Waals surface area contributed by atoms with Gasteiger partial charge in [-0.2, -0.15) is 0 Å². The fourth-order valence-corrected chi connectivity index (χ4v) is 4.32. The van der Waals surface area contributed by atoms with Crippen LogP contribution in [0.15, 0.2) is 9.00 Å². The first-order valence-corrected chi connectivity index (χ1v) is 8.18. The predicted octanol–water partition coefficient (Wildman–Crippen LogP) is -0.646. The third-order valence-corrected chi connectivity index (χ3v) is 5.90. The Morgan fingerprint density at radius 2 is 2.32 bits per heavy atom. The lowest BCUT2D eigenvalue weighted by atomic mass is 10.3. The van der Waals surface area contributed by atoms with Crippen molar-refractivity contribution in [3.63, 3.8) is 0 Å². The number of hydrogen-bond acceptors (Lipinski definition) is 6. The van der Waals surface area contributed by atoms with Crippen molar-refractivity contribution >= 4 is 21.4 Å². The molecule has 1 atom stereocenters. The molecule has 9 heteroatoms. The van der Waals surface area contributed by atoms with Gasteiger partial charge in [0.2, 0.25) is 0 Å². The molecule has 0 aliphatic carbocycles. The first-order chi connectivity index (χ1) is 8.88. The van der Waals surface area contributed by atoms with Gasteiger partial charge in [-0.25, -0.2) is 13.1 Å². The van der Waals surface area contributed by atoms with Gasteiger partial charge in [0.15, 0.2) is 4.21 Å². The molecule has 1 fully saturated rings. The number of morpholine rings is 1. The standard InChI is InChI=1S/C10H17N3O4S2/c1-7-9(18-10(14)12-7)19(15,16)11-5-8-6-13(2)3-4-17-8/h8,11H,3-6H2,1-2H3,(H,12,14). The monoisotopic (exact) mass is 307 g/mol. The van der Waals surface area contributed by atoms with Crippen molar-refractivity contribution in [3.05, 3.63) is 15.4 Å². The Hall–Kier alpha value is -0.740. The van der Waals surface area contributed by atoms with Crippen molar-refractivity contribution in [1.29, 1.82) is 0 Å². The highest BCUT2D eigenvalue weighted by molar-refractivity contribution is 7.91. The second kappa shape index (κ2) is 5.71. The van der Waals surface area contributed by atoms with Crippen molar-refractivity contribution in [3.8, 4) is 0 Å². The number of H-pyrrole nitrogens is 1. The molecule has 0 spiro atoms. The minimum Gasteiger partial charge on any atom is -0.374 e. The van der Waals surface area contributed by atoms with E-state index in [2.05, 4.69) is 14.6 Å². The molecular formula is C10H17N3O4S2. The summed E-state index contributed by atoms with van der Waals surface area (Å²) < 4.78 is 32.1. The average molecular weight is 307 g/mol. The highest BCUT2D eigenvalue weighted by Crippen LogP contribution is 2.15. The number of thiazole rings is 1. The number of aryl methyl sites for hydroxylation is 1. The van der Waals surface area contributed by atoms with Crippen LogP contribution in [0, 0.1) is 6.92 Å². The highest BCUT2D eigenvalue weighted by atomic mass is 32.2. The number of nitrogens with zero attached hydrogens (tertiary/aromatic N) is 1. The van der Waals surface area contributed by atoms with Crippen LogP contribution in [0.5, 0.6) is 0 Å². The third kappa shape index (κ3) is 3.63. The second-order valence-corrected chi connectivity index (χ2v) is 7.48. The molecule has 2 rings (SSSR count). The fourth-order valence-electron chi connectivity index (χ4n) is 1.91. The van der Waals surface area contributed by atoms with Gasteiger partial charge in [-0.05, 0) is 14.0 Å². The van der Waals surface area contributed by atoms with Crippen LogP contribution in [-0.2, 0) is 14.8 Å². The van der Waals surface area contributed by atoms with E-state index in [4.69, 9.17) is 4.74 Å². The van der Waals surface area contributed by atoms with Gasteiger partial charge in [-0.3, -0.25) is 4.79 Å². The number of sulfonamides is 1. The van der Waals surface area contributed by atoms with Gasteiger partial charge in [0.1, 0.15) is 0 Å². The number of aromatic amines is 1. The largest absolute Gasteiger partial charge is 0.374 e. The topological polar surface area (TPSA) is 91.5 Å². The minimum absolute atomic E-state index is 0.0432. The van der Waals surface area contributed by atoms with E-state index in [1.54, 1.807) is 6.92 Å². The van der Waals surface area contributed by atoms with Crippen molar-refractivity contribution < 1.29 is 13.2 Å². The molecule has 1 unspecified atom stereocenters. The van der Waals surface area contributed by atoms with Gasteiger partial charge >= 0.3 is 4.87 Å². The molecule has 2 N–H and O–H groups in total. The van der Waals surface area contributed by atoms with Crippen LogP contribution < -0.4 is 9.60 Å². The van der Waals surface area contributed by atoms with Crippen LogP contribution in [0.3, 0.4) is 0 Å². The molecule has 0 aromatic carbocycles. The molecule has 1 aliphatic rings. The maximum atomic E-state index is 12.1. The number of rotatable bonds is 4. The lowest BCUT2D eigenvalue weighted by Gasteiger charge is -2.29. The van der Waals surface area contributed by atoms with Crippen LogP contribution >= 0.6 is 11.3 Å². The molecule has 1 saturated heterocycles. The zero-order valence-electron chi connectivity index (χ0n) is 10.8. The Balaban J connectivity index is 2.02. The summed E-state index contributed by atoms with van der Waals surface area (Å²) in [5.41, 5.74) is 0.365. The molecule has 1 aromatic heterocycles. The van der Waals surface area contributed by atoms with E-state index < -0.39 is 10.0 Å². The fraction of sp³-hybridized carbons (Fsp3) is 0.700. The lowest BCUT2D eigenvalue weighted by Crippen LogP contribution is -2.45. The van der Waals surface area contributed by atoms with E-state index in [0.717, 1.165) is 6.54 Å². The average Bonchev–Trinajstić information content (AvgIpc) is 2.67. The summed E-state index contributed by atoms with van der Waals surface area (Å²) in [6.45, 7) is 3.90. The summed E-state index contributed by atoms with van der Waals surface area (Å²) in [7, 11) is -1.68. The van der Waals surface area contributed by atoms with Gasteiger partial charge in [0.25, 0.3) is 10.0 Å². The summed E-state index contributed by atoms with van der Waals surface area (Å²) in [6, 6.07) is 0. The number of ether oxygens (including phenoxy) is 1. The van der Waals surface area contributed by atoms with Gasteiger partial charge in [0.05, 0.1) is 12.7 Å². The van der Waals surface area contributed by atoms with Gasteiger partial charge < -0.3 is 14.6 Å². The summed E-state index contributed by atoms with van der Waals surface area (Å²) in [5, 5.41) is 0. The van der Waals surface area contributed by atoms with Gasteiger partial charge in [-0.1, -0.05) is 11.3 Å². The van der Waals surface area contributed by atoms with Crippen molar-refractivity contribution in [2.75, 3.05) is 33.3 Å². The number of aromatic nitrogens is 1. The van der Waals surface area contributed by atoms with E-state index >= 15 is 0 Å². The van der Waals surface area contributed by atoms with E-state index in [-0.39, 0.29) is 21.7 Å². The Labute approximate surface area is 115 Å². The maximum Gasteiger partial charge on any atom is 0.305 e. The third-order valence-electron chi connectivity index (χ3n) is 2.87. The lowest BCUT2D eigenvalue weighted by molar-refractivity contribution is -0.0156. The van der Waals surface area contributed by atoms with E-state index in [9.17, 15) is 13.2 Å². The molecule has 108 valence electrons. The van der Waals surface area contributed by atoms with Crippen LogP contribution in [-0.4, -0.2) is 57.7 Å². The molecular weight excluding hydrogens is 290 g/mol. The van der Waals surface area contributed by atoms with Gasteiger partial charge in [0, 0.05) is 25.3 Å². The van der Waals surface area contributed by atoms with Crippen molar-refractivity contribution in [1.82, 2.24) is 14.6 Å². The zero-order valence-corrected chi connectivity index (χ0v) is 12.4. The number of likely N-dealkylation sites (N-methyl/N-ethyl adjacent to an activating group) is 1. The molecule has 1 aromatic rings. The van der Waals surface area contributed by atoms with E-state index in [1.807, 2.05) is 7.05 Å². The predicted molar refractivity (Wildman–Crippen MR) is 72.1 cm³/mol. The molecule has 0 radical (unpaired) electrons. The second-order valence-electron chi connectivity index (χ2n) is 4.53. The molecule has 2 heterocycles. The molecule has 0 saturated carbocycles. The smallest absolute Gasteiger partial charge is 0.305 e. The molecule has 1 aliphatic heterocycles. The Morgan fingerprint density at radius 1 is 1.58 bits per heavy atom. The summed E-state index contributed by atoms with van der Waals surface area (Å²) in [6.07, 6.45) is -0.163. The Morgan fingerprint density at radius 3 is 2.89 bits per heavy atom. The SMILES string of the molecule is Cc1[nH]c(=O)sc1S(=O)(=O)NCC1CN(C)CCO1. The normalized spacial score (nSPS) is 21.7. The molecule has 0 amide bonds. The Kier molecular flexibility index (Phi) is 4.41. The van der Waals surface area contributed by atoms with E-state index in [0.29, 0.717) is 30.2 Å². The van der Waals surface area contributed by atoms with Crippen LogP contribution in [0.1, 0.15) is 5.69 Å². The van der Waals surface area contributed by atoms with E-state index in [1.165, 1.54) is 0 Å². The maximum absolute atomic E-state index is 12.1. The van der Waals surface area contributed by atoms with Crippen molar-refractivity contribution in [2.24, 2.45) is 0 Å². The highest BCUT2D eigenvalue weighted by Gasteiger charge is 2.24. The number of nitrogens with one attached hydrogen (secondary N) is 2. The van der Waals surface area contributed by atoms with Crippen LogP contribution in [0.2, 0.25) is 0 Å². The molecule has 7 nitrogen and oxygen atoms in total. The minimum atomic E-state index is -3.65. The summed E-state index contributed by atoms with van der Waals surface area (Å²) >= 11 is 0.696. The van der Waals surface area contributed by atoms with Crippen LogP contribution in [0.4, 0.5) is 0 Å². The molecule has 19 heavy (non-hydrogen) atoms. The first-order valence-electron chi connectivity index (χ1n) is 5.88.